The highest BCUT2D eigenvalue weighted by Crippen LogP contribution is 2.38. The Bertz CT molecular complexity index is 548. The van der Waals surface area contributed by atoms with Gasteiger partial charge in [-0.3, -0.25) is 0 Å². The van der Waals surface area contributed by atoms with Gasteiger partial charge in [0, 0.05) is 4.90 Å². The van der Waals surface area contributed by atoms with Gasteiger partial charge >= 0.3 is 0 Å². The summed E-state index contributed by atoms with van der Waals surface area (Å²) in [6, 6.07) is 9.55. The SMILES string of the molecule is CC(C)(C)[Si](C)(C)OC[C@H]1O[C@@H](Sc2ccccc2)[C@@H](O)[C@@H](O)[C@@H]1O. The molecule has 1 aromatic rings. The highest BCUT2D eigenvalue weighted by Gasteiger charge is 2.45. The van der Waals surface area contributed by atoms with Crippen LogP contribution in [0.1, 0.15) is 20.8 Å². The summed E-state index contributed by atoms with van der Waals surface area (Å²) in [6.07, 6.45) is -4.27. The lowest BCUT2D eigenvalue weighted by Gasteiger charge is -2.42. The Balaban J connectivity index is 2.05. The zero-order chi connectivity index (χ0) is 18.8. The van der Waals surface area contributed by atoms with Crippen molar-refractivity contribution in [1.82, 2.24) is 0 Å². The summed E-state index contributed by atoms with van der Waals surface area (Å²) < 4.78 is 12.0. The minimum absolute atomic E-state index is 0.0446. The third-order valence-electron chi connectivity index (χ3n) is 5.08. The average Bonchev–Trinajstić information content (AvgIpc) is 2.54. The Morgan fingerprint density at radius 1 is 1.04 bits per heavy atom. The van der Waals surface area contributed by atoms with Crippen LogP contribution in [-0.4, -0.2) is 60.1 Å². The molecule has 0 radical (unpaired) electrons. The predicted molar refractivity (Wildman–Crippen MR) is 102 cm³/mol. The first kappa shape index (κ1) is 20.9. The van der Waals surface area contributed by atoms with Gasteiger partial charge < -0.3 is 24.5 Å². The molecule has 1 fully saturated rings. The van der Waals surface area contributed by atoms with E-state index in [4.69, 9.17) is 9.16 Å². The second-order valence-corrected chi connectivity index (χ2v) is 14.0. The Morgan fingerprint density at radius 3 is 2.20 bits per heavy atom. The van der Waals surface area contributed by atoms with Crippen molar-refractivity contribution in [3.63, 3.8) is 0 Å². The first-order valence-corrected chi connectivity index (χ1v) is 12.4. The van der Waals surface area contributed by atoms with Gasteiger partial charge in [0.15, 0.2) is 8.32 Å². The molecule has 0 aromatic heterocycles. The zero-order valence-electron chi connectivity index (χ0n) is 15.5. The molecule has 0 amide bonds. The maximum atomic E-state index is 10.3. The summed E-state index contributed by atoms with van der Waals surface area (Å²) in [7, 11) is -2.00. The topological polar surface area (TPSA) is 79.2 Å². The normalized spacial score (nSPS) is 31.1. The minimum atomic E-state index is -2.00. The van der Waals surface area contributed by atoms with Crippen LogP contribution in [0.25, 0.3) is 0 Å². The number of hydrogen-bond donors (Lipinski definition) is 3. The number of hydrogen-bond acceptors (Lipinski definition) is 6. The second kappa shape index (κ2) is 8.08. The van der Waals surface area contributed by atoms with Crippen molar-refractivity contribution < 1.29 is 24.5 Å². The predicted octanol–water partition coefficient (Wildman–Crippen LogP) is 2.61. The van der Waals surface area contributed by atoms with Crippen molar-refractivity contribution in [2.75, 3.05) is 6.61 Å². The van der Waals surface area contributed by atoms with Gasteiger partial charge in [-0.15, -0.1) is 0 Å². The summed E-state index contributed by atoms with van der Waals surface area (Å²) >= 11 is 1.33. The smallest absolute Gasteiger partial charge is 0.192 e. The van der Waals surface area contributed by atoms with Crippen LogP contribution < -0.4 is 0 Å². The van der Waals surface area contributed by atoms with Gasteiger partial charge in [0.1, 0.15) is 29.9 Å². The molecule has 2 rings (SSSR count). The van der Waals surface area contributed by atoms with E-state index in [0.717, 1.165) is 4.90 Å². The van der Waals surface area contributed by atoms with Gasteiger partial charge in [-0.2, -0.15) is 0 Å². The van der Waals surface area contributed by atoms with E-state index in [9.17, 15) is 15.3 Å². The van der Waals surface area contributed by atoms with Crippen molar-refractivity contribution >= 4 is 20.1 Å². The van der Waals surface area contributed by atoms with Crippen molar-refractivity contribution in [2.45, 2.75) is 73.7 Å². The van der Waals surface area contributed by atoms with E-state index in [0.29, 0.717) is 0 Å². The number of aliphatic hydroxyl groups is 3. The summed E-state index contributed by atoms with van der Waals surface area (Å²) in [4.78, 5) is 0.930. The van der Waals surface area contributed by atoms with E-state index >= 15 is 0 Å². The second-order valence-electron chi connectivity index (χ2n) is 8.02. The summed E-state index contributed by atoms with van der Waals surface area (Å²) in [5.41, 5.74) is -0.659. The Morgan fingerprint density at radius 2 is 1.64 bits per heavy atom. The van der Waals surface area contributed by atoms with Crippen molar-refractivity contribution in [2.24, 2.45) is 0 Å². The molecule has 0 unspecified atom stereocenters. The number of aliphatic hydroxyl groups excluding tert-OH is 3. The molecule has 1 aliphatic heterocycles. The first-order valence-electron chi connectivity index (χ1n) is 8.58. The minimum Gasteiger partial charge on any atom is -0.414 e. The van der Waals surface area contributed by atoms with Gasteiger partial charge in [-0.05, 0) is 30.3 Å². The first-order chi connectivity index (χ1) is 11.5. The molecule has 5 nitrogen and oxygen atoms in total. The molecule has 0 aliphatic carbocycles. The van der Waals surface area contributed by atoms with Crippen LogP contribution in [0, 0.1) is 0 Å². The van der Waals surface area contributed by atoms with Crippen LogP contribution in [0.2, 0.25) is 18.1 Å². The molecule has 1 aliphatic rings. The van der Waals surface area contributed by atoms with Gasteiger partial charge in [-0.25, -0.2) is 0 Å². The summed E-state index contributed by atoms with van der Waals surface area (Å²) in [6.45, 7) is 10.9. The van der Waals surface area contributed by atoms with Crippen molar-refractivity contribution in [3.8, 4) is 0 Å². The average molecular weight is 387 g/mol. The number of ether oxygens (including phenoxy) is 1. The standard InChI is InChI=1S/C18H30O5SSi/c1-18(2,3)25(4,5)22-11-13-14(19)15(20)16(21)17(23-13)24-12-9-7-6-8-10-12/h6-10,13-17,19-21H,11H2,1-5H3/t13-,14-,15+,16+,17+/m1/s1. The van der Waals surface area contributed by atoms with E-state index in [1.165, 1.54) is 11.8 Å². The summed E-state index contributed by atoms with van der Waals surface area (Å²) in [5.74, 6) is 0. The van der Waals surface area contributed by atoms with E-state index < -0.39 is 38.2 Å². The number of rotatable bonds is 5. The molecule has 1 heterocycles. The maximum Gasteiger partial charge on any atom is 0.192 e. The third-order valence-corrected chi connectivity index (χ3v) is 10.7. The molecule has 0 bridgehead atoms. The monoisotopic (exact) mass is 386 g/mol. The third kappa shape index (κ3) is 5.06. The lowest BCUT2D eigenvalue weighted by atomic mass is 10.0. The maximum absolute atomic E-state index is 10.3. The Labute approximate surface area is 155 Å². The summed E-state index contributed by atoms with van der Waals surface area (Å²) in [5, 5.41) is 30.8. The highest BCUT2D eigenvalue weighted by atomic mass is 32.2. The largest absolute Gasteiger partial charge is 0.414 e. The van der Waals surface area contributed by atoms with Gasteiger partial charge in [0.2, 0.25) is 0 Å². The molecule has 3 N–H and O–H groups in total. The van der Waals surface area contributed by atoms with Crippen LogP contribution in [0.5, 0.6) is 0 Å². The molecule has 25 heavy (non-hydrogen) atoms. The van der Waals surface area contributed by atoms with E-state index in [-0.39, 0.29) is 11.6 Å². The molecule has 0 spiro atoms. The van der Waals surface area contributed by atoms with Crippen molar-refractivity contribution in [3.05, 3.63) is 30.3 Å². The van der Waals surface area contributed by atoms with Gasteiger partial charge in [-0.1, -0.05) is 50.7 Å². The molecular weight excluding hydrogens is 356 g/mol. The lowest BCUT2D eigenvalue weighted by molar-refractivity contribution is -0.204. The molecule has 142 valence electrons. The molecule has 0 saturated carbocycles. The fourth-order valence-corrected chi connectivity index (χ4v) is 4.39. The van der Waals surface area contributed by atoms with E-state index in [1.54, 1.807) is 0 Å². The van der Waals surface area contributed by atoms with Crippen molar-refractivity contribution in [1.29, 1.82) is 0 Å². The molecule has 1 saturated heterocycles. The highest BCUT2D eigenvalue weighted by molar-refractivity contribution is 7.99. The number of thioether (sulfide) groups is 1. The fraction of sp³-hybridized carbons (Fsp3) is 0.667. The van der Waals surface area contributed by atoms with Crippen LogP contribution in [0.4, 0.5) is 0 Å². The Kier molecular flexibility index (Phi) is 6.75. The molecule has 5 atom stereocenters. The zero-order valence-corrected chi connectivity index (χ0v) is 17.4. The quantitative estimate of drug-likeness (QED) is 0.675. The number of benzene rings is 1. The Hall–Kier alpha value is -0.413. The van der Waals surface area contributed by atoms with Crippen LogP contribution in [0.15, 0.2) is 35.2 Å². The van der Waals surface area contributed by atoms with Crippen LogP contribution >= 0.6 is 11.8 Å². The van der Waals surface area contributed by atoms with E-state index in [1.807, 2.05) is 30.3 Å². The van der Waals surface area contributed by atoms with E-state index in [2.05, 4.69) is 33.9 Å². The van der Waals surface area contributed by atoms with Gasteiger partial charge in [0.05, 0.1) is 6.61 Å². The van der Waals surface area contributed by atoms with Gasteiger partial charge in [0.25, 0.3) is 0 Å². The fourth-order valence-electron chi connectivity index (χ4n) is 2.29. The molecular formula is C18H30O5SSi. The molecule has 1 aromatic carbocycles. The van der Waals surface area contributed by atoms with Crippen LogP contribution in [-0.2, 0) is 9.16 Å². The van der Waals surface area contributed by atoms with Crippen LogP contribution in [0.3, 0.4) is 0 Å². The molecule has 7 heteroatoms. The lowest BCUT2D eigenvalue weighted by Crippen LogP contribution is -2.58.